The Balaban J connectivity index is 2.63. The predicted molar refractivity (Wildman–Crippen MR) is 37.3 cm³/mol. The van der Waals surface area contributed by atoms with Gasteiger partial charge in [-0.05, 0) is 0 Å². The summed E-state index contributed by atoms with van der Waals surface area (Å²) < 4.78 is 4.45. The molecule has 5 heteroatoms. The number of rotatable bonds is 3. The molecule has 11 heavy (non-hydrogen) atoms. The van der Waals surface area contributed by atoms with Crippen molar-refractivity contribution in [2.24, 2.45) is 0 Å². The summed E-state index contributed by atoms with van der Waals surface area (Å²) in [5, 5.41) is 0. The van der Waals surface area contributed by atoms with E-state index in [2.05, 4.69) is 14.7 Å². The highest BCUT2D eigenvalue weighted by Gasteiger charge is 1.94. The Labute approximate surface area is 63.2 Å². The highest BCUT2D eigenvalue weighted by atomic mass is 16.5. The molecule has 0 aliphatic rings. The Morgan fingerprint density at radius 1 is 1.64 bits per heavy atom. The molecule has 0 aliphatic carbocycles. The van der Waals surface area contributed by atoms with Crippen LogP contribution in [-0.4, -0.2) is 16.4 Å². The van der Waals surface area contributed by atoms with Crippen LogP contribution < -0.4 is 5.73 Å². The zero-order chi connectivity index (χ0) is 8.10. The normalized spacial score (nSPS) is 9.09. The smallest absolute Gasteiger partial charge is 0.293 e. The van der Waals surface area contributed by atoms with Crippen LogP contribution in [0.5, 0.6) is 0 Å². The Morgan fingerprint density at radius 3 is 3.09 bits per heavy atom. The predicted octanol–water partition coefficient (Wildman–Crippen LogP) is -0.268. The molecule has 0 amide bonds. The number of carbonyl (C=O) groups excluding carboxylic acids is 1. The van der Waals surface area contributed by atoms with Crippen LogP contribution in [0.4, 0.5) is 5.82 Å². The molecule has 1 rings (SSSR count). The fourth-order valence-corrected chi connectivity index (χ4v) is 0.613. The average molecular weight is 153 g/mol. The Hall–Kier alpha value is -1.65. The monoisotopic (exact) mass is 153 g/mol. The number of anilines is 1. The van der Waals surface area contributed by atoms with Gasteiger partial charge >= 0.3 is 0 Å². The van der Waals surface area contributed by atoms with E-state index in [1.165, 1.54) is 6.33 Å². The molecule has 0 radical (unpaired) electrons. The maximum Gasteiger partial charge on any atom is 0.293 e. The van der Waals surface area contributed by atoms with Crippen molar-refractivity contribution in [3.63, 3.8) is 0 Å². The number of nitrogens with zero attached hydrogens (tertiary/aromatic N) is 2. The second-order valence-corrected chi connectivity index (χ2v) is 1.84. The van der Waals surface area contributed by atoms with Crippen molar-refractivity contribution >= 4 is 12.3 Å². The van der Waals surface area contributed by atoms with E-state index in [4.69, 9.17) is 5.73 Å². The third-order valence-corrected chi connectivity index (χ3v) is 1.04. The summed E-state index contributed by atoms with van der Waals surface area (Å²) in [5.74, 6) is 0.365. The number of carbonyl (C=O) groups is 1. The first-order valence-electron chi connectivity index (χ1n) is 2.94. The van der Waals surface area contributed by atoms with Crippen LogP contribution in [-0.2, 0) is 16.1 Å². The summed E-state index contributed by atoms with van der Waals surface area (Å²) in [7, 11) is 0. The standard InChI is InChI=1S/C6H7N3O2/c7-6-1-5(2-11-4-10)8-3-9-6/h1,3-4H,2H2,(H2,7,8,9). The van der Waals surface area contributed by atoms with Gasteiger partial charge in [0.1, 0.15) is 18.8 Å². The lowest BCUT2D eigenvalue weighted by molar-refractivity contribution is -0.129. The Kier molecular flexibility index (Phi) is 2.37. The maximum absolute atomic E-state index is 9.77. The number of hydrogen-bond acceptors (Lipinski definition) is 5. The Bertz CT molecular complexity index is 251. The van der Waals surface area contributed by atoms with E-state index in [1.54, 1.807) is 6.07 Å². The van der Waals surface area contributed by atoms with Crippen molar-refractivity contribution in [2.75, 3.05) is 5.73 Å². The molecule has 1 aromatic heterocycles. The van der Waals surface area contributed by atoms with Gasteiger partial charge in [-0.1, -0.05) is 0 Å². The van der Waals surface area contributed by atoms with Gasteiger partial charge in [0.05, 0.1) is 5.69 Å². The molecule has 1 aromatic rings. The van der Waals surface area contributed by atoms with Gasteiger partial charge in [0.2, 0.25) is 0 Å². The van der Waals surface area contributed by atoms with Crippen molar-refractivity contribution in [2.45, 2.75) is 6.61 Å². The van der Waals surface area contributed by atoms with Crippen LogP contribution in [0.2, 0.25) is 0 Å². The minimum Gasteiger partial charge on any atom is -0.461 e. The lowest BCUT2D eigenvalue weighted by Crippen LogP contribution is -1.97. The third kappa shape index (κ3) is 2.21. The molecular weight excluding hydrogens is 146 g/mol. The van der Waals surface area contributed by atoms with Crippen LogP contribution in [0.15, 0.2) is 12.4 Å². The lowest BCUT2D eigenvalue weighted by atomic mass is 10.4. The molecule has 0 saturated carbocycles. The van der Waals surface area contributed by atoms with E-state index in [1.807, 2.05) is 0 Å². The van der Waals surface area contributed by atoms with E-state index >= 15 is 0 Å². The van der Waals surface area contributed by atoms with Gasteiger partial charge in [0.25, 0.3) is 6.47 Å². The summed E-state index contributed by atoms with van der Waals surface area (Å²) in [6.07, 6.45) is 1.32. The first-order chi connectivity index (χ1) is 5.33. The van der Waals surface area contributed by atoms with Crippen molar-refractivity contribution in [3.8, 4) is 0 Å². The quantitative estimate of drug-likeness (QED) is 0.605. The number of hydrogen-bond donors (Lipinski definition) is 1. The molecule has 0 spiro atoms. The minimum atomic E-state index is 0.135. The summed E-state index contributed by atoms with van der Waals surface area (Å²) in [6, 6.07) is 1.55. The zero-order valence-electron chi connectivity index (χ0n) is 5.73. The minimum absolute atomic E-state index is 0.135. The van der Waals surface area contributed by atoms with E-state index in [9.17, 15) is 4.79 Å². The van der Waals surface area contributed by atoms with Crippen LogP contribution in [0, 0.1) is 0 Å². The highest BCUT2D eigenvalue weighted by Crippen LogP contribution is 1.99. The van der Waals surface area contributed by atoms with Gasteiger partial charge in [-0.15, -0.1) is 0 Å². The van der Waals surface area contributed by atoms with Crippen molar-refractivity contribution in [1.29, 1.82) is 0 Å². The fraction of sp³-hybridized carbons (Fsp3) is 0.167. The second kappa shape index (κ2) is 3.50. The van der Waals surface area contributed by atoms with E-state index < -0.39 is 0 Å². The topological polar surface area (TPSA) is 78.1 Å². The van der Waals surface area contributed by atoms with Crippen LogP contribution in [0.3, 0.4) is 0 Å². The van der Waals surface area contributed by atoms with Gasteiger partial charge in [-0.25, -0.2) is 9.97 Å². The molecular formula is C6H7N3O2. The lowest BCUT2D eigenvalue weighted by Gasteiger charge is -1.97. The zero-order valence-corrected chi connectivity index (χ0v) is 5.73. The summed E-state index contributed by atoms with van der Waals surface area (Å²) in [6.45, 7) is 0.495. The summed E-state index contributed by atoms with van der Waals surface area (Å²) in [4.78, 5) is 17.2. The molecule has 0 bridgehead atoms. The number of nitrogen functional groups attached to an aromatic ring is 1. The molecule has 5 nitrogen and oxygen atoms in total. The van der Waals surface area contributed by atoms with Gasteiger partial charge in [-0.2, -0.15) is 0 Å². The van der Waals surface area contributed by atoms with Gasteiger partial charge < -0.3 is 10.5 Å². The molecule has 1 heterocycles. The SMILES string of the molecule is Nc1cc(COC=O)ncn1. The second-order valence-electron chi connectivity index (χ2n) is 1.84. The largest absolute Gasteiger partial charge is 0.461 e. The van der Waals surface area contributed by atoms with Gasteiger partial charge in [-0.3, -0.25) is 4.79 Å². The van der Waals surface area contributed by atoms with Gasteiger partial charge in [0, 0.05) is 6.07 Å². The number of ether oxygens (including phenoxy) is 1. The fourth-order valence-electron chi connectivity index (χ4n) is 0.613. The van der Waals surface area contributed by atoms with E-state index in [-0.39, 0.29) is 6.61 Å². The molecule has 0 unspecified atom stereocenters. The Morgan fingerprint density at radius 2 is 2.45 bits per heavy atom. The van der Waals surface area contributed by atoms with Crippen molar-refractivity contribution in [3.05, 3.63) is 18.1 Å². The average Bonchev–Trinajstić information content (AvgIpc) is 2.01. The molecule has 0 fully saturated rings. The van der Waals surface area contributed by atoms with Crippen LogP contribution in [0.25, 0.3) is 0 Å². The highest BCUT2D eigenvalue weighted by molar-refractivity contribution is 5.37. The summed E-state index contributed by atoms with van der Waals surface area (Å²) >= 11 is 0. The molecule has 0 aliphatic heterocycles. The van der Waals surface area contributed by atoms with E-state index in [0.717, 1.165) is 0 Å². The van der Waals surface area contributed by atoms with Crippen molar-refractivity contribution in [1.82, 2.24) is 9.97 Å². The van der Waals surface area contributed by atoms with Crippen LogP contribution >= 0.6 is 0 Å². The molecule has 2 N–H and O–H groups in total. The first-order valence-corrected chi connectivity index (χ1v) is 2.94. The van der Waals surface area contributed by atoms with Gasteiger partial charge in [0.15, 0.2) is 0 Å². The molecule has 58 valence electrons. The van der Waals surface area contributed by atoms with E-state index in [0.29, 0.717) is 18.0 Å². The molecule has 0 aromatic carbocycles. The number of aromatic nitrogens is 2. The third-order valence-electron chi connectivity index (χ3n) is 1.04. The summed E-state index contributed by atoms with van der Waals surface area (Å²) in [5.41, 5.74) is 5.92. The van der Waals surface area contributed by atoms with Crippen molar-refractivity contribution < 1.29 is 9.53 Å². The first kappa shape index (κ1) is 7.46. The number of nitrogens with two attached hydrogens (primary N) is 1. The maximum atomic E-state index is 9.77. The van der Waals surface area contributed by atoms with Crippen LogP contribution in [0.1, 0.15) is 5.69 Å². The molecule has 0 atom stereocenters. The molecule has 0 saturated heterocycles.